The third-order valence-corrected chi connectivity index (χ3v) is 10.0. The summed E-state index contributed by atoms with van der Waals surface area (Å²) in [5.74, 6) is 0.443. The molecule has 25 heavy (non-hydrogen) atoms. The van der Waals surface area contributed by atoms with E-state index in [1.807, 2.05) is 6.07 Å². The molecule has 1 aromatic carbocycles. The Kier molecular flexibility index (Phi) is 3.22. The number of hydrogen-bond donors (Lipinski definition) is 0. The second kappa shape index (κ2) is 5.00. The molecule has 4 fully saturated rings. The van der Waals surface area contributed by atoms with Gasteiger partial charge in [0.1, 0.15) is 0 Å². The summed E-state index contributed by atoms with van der Waals surface area (Å²) >= 11 is 0.0636. The minimum absolute atomic E-state index is 0.00884. The fourth-order valence-corrected chi connectivity index (χ4v) is 8.41. The zero-order valence-electron chi connectivity index (χ0n) is 14.8. The van der Waals surface area contributed by atoms with E-state index in [-0.39, 0.29) is 50.1 Å². The van der Waals surface area contributed by atoms with Crippen molar-refractivity contribution < 1.29 is 14.3 Å². The van der Waals surface area contributed by atoms with E-state index in [2.05, 4.69) is 44.7 Å². The Morgan fingerprint density at radius 2 is 1.96 bits per heavy atom. The van der Waals surface area contributed by atoms with E-state index in [0.29, 0.717) is 0 Å². The fourth-order valence-electron chi connectivity index (χ4n) is 5.64. The summed E-state index contributed by atoms with van der Waals surface area (Å²) in [5, 5.41) is 0. The second-order valence-corrected chi connectivity index (χ2v) is 11.6. The first-order valence-corrected chi connectivity index (χ1v) is 10.9. The summed E-state index contributed by atoms with van der Waals surface area (Å²) in [4.78, 5) is 13.0. The summed E-state index contributed by atoms with van der Waals surface area (Å²) in [6, 6.07) is 10.4. The van der Waals surface area contributed by atoms with Crippen molar-refractivity contribution in [3.63, 3.8) is 0 Å². The van der Waals surface area contributed by atoms with Gasteiger partial charge in [0, 0.05) is 0 Å². The Morgan fingerprint density at radius 1 is 1.20 bits per heavy atom. The van der Waals surface area contributed by atoms with Crippen LogP contribution in [0.5, 0.6) is 0 Å². The molecule has 2 heterocycles. The van der Waals surface area contributed by atoms with Crippen molar-refractivity contribution >= 4 is 25.4 Å². The van der Waals surface area contributed by atoms with E-state index in [1.165, 1.54) is 10.0 Å². The monoisotopic (exact) mass is 404 g/mol. The molecule has 0 unspecified atom stereocenters. The van der Waals surface area contributed by atoms with Gasteiger partial charge in [0.2, 0.25) is 0 Å². The quantitative estimate of drug-likeness (QED) is 0.330. The molecule has 4 heteroatoms. The van der Waals surface area contributed by atoms with Crippen molar-refractivity contribution in [1.29, 1.82) is 0 Å². The average Bonchev–Trinajstić information content (AvgIpc) is 2.95. The van der Waals surface area contributed by atoms with Crippen LogP contribution in [-0.2, 0) is 14.3 Å². The molecule has 0 aromatic heterocycles. The number of fused-ring (bicyclic) bond motifs is 2. The molecule has 0 amide bonds. The van der Waals surface area contributed by atoms with Crippen LogP contribution in [0.25, 0.3) is 0 Å². The third-order valence-electron chi connectivity index (χ3n) is 7.11. The number of rotatable bonds is 2. The predicted octanol–water partition coefficient (Wildman–Crippen LogP) is 3.02. The molecule has 2 saturated carbocycles. The number of hydrogen-bond acceptors (Lipinski definition) is 3. The van der Waals surface area contributed by atoms with Crippen molar-refractivity contribution in [2.45, 2.75) is 61.2 Å². The fraction of sp³-hybridized carbons (Fsp3) is 0.571. The normalized spacial score (nSPS) is 47.5. The number of carbonyl (C=O) groups excluding carboxylic acids is 1. The van der Waals surface area contributed by atoms with E-state index < -0.39 is 4.31 Å². The van der Waals surface area contributed by atoms with Crippen molar-refractivity contribution in [2.24, 2.45) is 11.8 Å². The van der Waals surface area contributed by atoms with Crippen LogP contribution in [0.1, 0.15) is 39.5 Å². The number of benzene rings is 1. The summed E-state index contributed by atoms with van der Waals surface area (Å²) in [5.41, 5.74) is 1.06. The Bertz CT molecular complexity index is 762. The van der Waals surface area contributed by atoms with Gasteiger partial charge >= 0.3 is 155 Å². The summed E-state index contributed by atoms with van der Waals surface area (Å²) in [6.45, 7) is 8.72. The summed E-state index contributed by atoms with van der Waals surface area (Å²) in [6.07, 6.45) is 4.01. The summed E-state index contributed by atoms with van der Waals surface area (Å²) in [7, 11) is 0. The molecule has 2 aliphatic carbocycles. The topological polar surface area (TPSA) is 38.8 Å². The Morgan fingerprint density at radius 3 is 2.72 bits per heavy atom. The molecule has 6 atom stereocenters. The zero-order chi connectivity index (χ0) is 17.4. The van der Waals surface area contributed by atoms with Crippen LogP contribution < -0.4 is 4.46 Å². The zero-order valence-corrected chi connectivity index (χ0v) is 16.5. The molecule has 2 saturated heterocycles. The van der Waals surface area contributed by atoms with Gasteiger partial charge < -0.3 is 0 Å². The van der Waals surface area contributed by atoms with Gasteiger partial charge in [0.05, 0.1) is 0 Å². The molecule has 132 valence electrons. The summed E-state index contributed by atoms with van der Waals surface area (Å²) < 4.78 is 13.3. The van der Waals surface area contributed by atoms with Gasteiger partial charge in [-0.2, -0.15) is 0 Å². The first-order chi connectivity index (χ1) is 11.9. The van der Waals surface area contributed by atoms with Gasteiger partial charge in [0.25, 0.3) is 0 Å². The van der Waals surface area contributed by atoms with Gasteiger partial charge in [-0.1, -0.05) is 0 Å². The molecule has 4 aliphatic rings. The molecule has 1 aromatic rings. The van der Waals surface area contributed by atoms with Gasteiger partial charge in [-0.15, -0.1) is 0 Å². The Labute approximate surface area is 155 Å². The van der Waals surface area contributed by atoms with Gasteiger partial charge in [-0.25, -0.2) is 0 Å². The van der Waals surface area contributed by atoms with E-state index in [0.717, 1.165) is 25.7 Å². The van der Waals surface area contributed by atoms with Crippen molar-refractivity contribution in [1.82, 2.24) is 0 Å². The molecular weight excluding hydrogens is 379 g/mol. The maximum atomic E-state index is 13.0. The SMILES string of the molecule is C=C1CC[C@@]23O[C@]2(C)CC[C@@H]2[C@H](OC(=O)[C@]2(C)[Se]c2ccccc2)[C@@H]13. The van der Waals surface area contributed by atoms with Crippen LogP contribution in [-0.4, -0.2) is 38.2 Å². The van der Waals surface area contributed by atoms with E-state index in [1.54, 1.807) is 0 Å². The third kappa shape index (κ3) is 1.99. The Balaban J connectivity index is 1.53. The van der Waals surface area contributed by atoms with Crippen molar-refractivity contribution in [2.75, 3.05) is 0 Å². The molecule has 5 rings (SSSR count). The van der Waals surface area contributed by atoms with Crippen LogP contribution in [0.15, 0.2) is 42.5 Å². The number of ether oxygens (including phenoxy) is 2. The van der Waals surface area contributed by atoms with Crippen LogP contribution >= 0.6 is 0 Å². The molecule has 3 nitrogen and oxygen atoms in total. The van der Waals surface area contributed by atoms with E-state index in [4.69, 9.17) is 9.47 Å². The van der Waals surface area contributed by atoms with Crippen molar-refractivity contribution in [3.05, 3.63) is 42.5 Å². The number of esters is 1. The predicted molar refractivity (Wildman–Crippen MR) is 96.9 cm³/mol. The number of epoxide rings is 1. The van der Waals surface area contributed by atoms with E-state index in [9.17, 15) is 4.79 Å². The molecule has 2 aliphatic heterocycles. The molecule has 0 N–H and O–H groups in total. The number of carbonyl (C=O) groups is 1. The first kappa shape index (κ1) is 16.1. The van der Waals surface area contributed by atoms with Crippen LogP contribution in [0, 0.1) is 11.8 Å². The second-order valence-electron chi connectivity index (χ2n) is 8.40. The van der Waals surface area contributed by atoms with E-state index >= 15 is 0 Å². The maximum absolute atomic E-state index is 13.0. The van der Waals surface area contributed by atoms with Crippen LogP contribution in [0.2, 0.25) is 4.31 Å². The van der Waals surface area contributed by atoms with Gasteiger partial charge in [-0.3, -0.25) is 0 Å². The first-order valence-electron chi connectivity index (χ1n) is 9.23. The molecule has 1 spiro atoms. The molecule has 0 bridgehead atoms. The van der Waals surface area contributed by atoms with Crippen LogP contribution in [0.4, 0.5) is 0 Å². The average molecular weight is 403 g/mol. The standard InChI is InChI=1S/C21H24O3Se/c1-13-9-12-21-16(13)17-15(10-11-19(21,2)24-21)20(3,18(22)23-17)25-14-7-5-4-6-8-14/h4-8,15-17H,1,9-12H2,2-3H3/t15-,16-,17+,19-,20-,21+/m1/s1. The Hall–Kier alpha value is -1.09. The van der Waals surface area contributed by atoms with Crippen molar-refractivity contribution in [3.8, 4) is 0 Å². The van der Waals surface area contributed by atoms with Gasteiger partial charge in [-0.05, 0) is 0 Å². The molecule has 0 radical (unpaired) electrons. The molecular formula is C21H24O3Se. The van der Waals surface area contributed by atoms with Crippen LogP contribution in [0.3, 0.4) is 0 Å². The minimum atomic E-state index is -0.393. The van der Waals surface area contributed by atoms with Gasteiger partial charge in [0.15, 0.2) is 0 Å².